The van der Waals surface area contributed by atoms with Crippen LogP contribution in [0.4, 0.5) is 0 Å². The fraction of sp³-hybridized carbons (Fsp3) is 1.00. The predicted octanol–water partition coefficient (Wildman–Crippen LogP) is 4.16. The Morgan fingerprint density at radius 3 is 2.30 bits per heavy atom. The van der Waals surface area contributed by atoms with Gasteiger partial charge in [-0.25, -0.2) is 0 Å². The van der Waals surface area contributed by atoms with E-state index < -0.39 is 0 Å². The highest BCUT2D eigenvalue weighted by atomic mass is 15.2. The van der Waals surface area contributed by atoms with Crippen LogP contribution in [0.15, 0.2) is 0 Å². The van der Waals surface area contributed by atoms with Crippen molar-refractivity contribution in [1.29, 1.82) is 0 Å². The zero-order chi connectivity index (χ0) is 15.1. The van der Waals surface area contributed by atoms with Crippen LogP contribution in [0.25, 0.3) is 0 Å². The highest BCUT2D eigenvalue weighted by molar-refractivity contribution is 4.92. The number of nitrogens with zero attached hydrogens (tertiary/aromatic N) is 1. The molecule has 0 spiro atoms. The Balaban J connectivity index is 2.74. The van der Waals surface area contributed by atoms with Gasteiger partial charge in [-0.1, -0.05) is 48.0 Å². The zero-order valence-electron chi connectivity index (χ0n) is 14.8. The van der Waals surface area contributed by atoms with E-state index in [0.717, 1.165) is 30.3 Å². The number of hydrogen-bond acceptors (Lipinski definition) is 2. The maximum absolute atomic E-state index is 3.76. The third-order valence-electron chi connectivity index (χ3n) is 5.38. The van der Waals surface area contributed by atoms with Crippen molar-refractivity contribution in [2.24, 2.45) is 17.8 Å². The molecule has 1 saturated carbocycles. The first kappa shape index (κ1) is 18.0. The quantitative estimate of drug-likeness (QED) is 0.719. The average molecular weight is 283 g/mol. The van der Waals surface area contributed by atoms with Gasteiger partial charge in [0.1, 0.15) is 0 Å². The molecule has 1 fully saturated rings. The molecule has 1 N–H and O–H groups in total. The largest absolute Gasteiger partial charge is 0.313 e. The van der Waals surface area contributed by atoms with Crippen molar-refractivity contribution in [2.75, 3.05) is 19.6 Å². The van der Waals surface area contributed by atoms with Crippen LogP contribution in [0.5, 0.6) is 0 Å². The summed E-state index contributed by atoms with van der Waals surface area (Å²) in [6, 6.07) is 1.45. The van der Waals surface area contributed by atoms with Crippen molar-refractivity contribution >= 4 is 0 Å². The van der Waals surface area contributed by atoms with Crippen molar-refractivity contribution in [3.05, 3.63) is 0 Å². The SMILES string of the molecule is CCNC1CCC(C(C)C)CC1N(CC)CC(C)CC. The topological polar surface area (TPSA) is 15.3 Å². The highest BCUT2D eigenvalue weighted by Gasteiger charge is 2.34. The summed E-state index contributed by atoms with van der Waals surface area (Å²) in [5, 5.41) is 3.76. The summed E-state index contributed by atoms with van der Waals surface area (Å²) < 4.78 is 0. The highest BCUT2D eigenvalue weighted by Crippen LogP contribution is 2.33. The fourth-order valence-electron chi connectivity index (χ4n) is 3.72. The lowest BCUT2D eigenvalue weighted by Crippen LogP contribution is -2.54. The molecule has 1 aliphatic rings. The second-order valence-corrected chi connectivity index (χ2v) is 7.15. The van der Waals surface area contributed by atoms with Crippen LogP contribution in [0.2, 0.25) is 0 Å². The maximum Gasteiger partial charge on any atom is 0.0252 e. The van der Waals surface area contributed by atoms with Gasteiger partial charge >= 0.3 is 0 Å². The van der Waals surface area contributed by atoms with E-state index in [9.17, 15) is 0 Å². The van der Waals surface area contributed by atoms with Gasteiger partial charge in [-0.15, -0.1) is 0 Å². The fourth-order valence-corrected chi connectivity index (χ4v) is 3.72. The Kier molecular flexibility index (Phi) is 8.13. The van der Waals surface area contributed by atoms with E-state index in [1.165, 1.54) is 38.8 Å². The second-order valence-electron chi connectivity index (χ2n) is 7.15. The molecule has 0 aromatic carbocycles. The third kappa shape index (κ3) is 5.04. The Morgan fingerprint density at radius 2 is 1.80 bits per heavy atom. The van der Waals surface area contributed by atoms with Crippen LogP contribution in [0.3, 0.4) is 0 Å². The van der Waals surface area contributed by atoms with E-state index in [1.807, 2.05) is 0 Å². The monoisotopic (exact) mass is 282 g/mol. The molecular weight excluding hydrogens is 244 g/mol. The van der Waals surface area contributed by atoms with Gasteiger partial charge in [0, 0.05) is 18.6 Å². The lowest BCUT2D eigenvalue weighted by Gasteiger charge is -2.44. The van der Waals surface area contributed by atoms with Crippen molar-refractivity contribution < 1.29 is 0 Å². The summed E-state index contributed by atoms with van der Waals surface area (Å²) in [7, 11) is 0. The summed E-state index contributed by atoms with van der Waals surface area (Å²) in [5.74, 6) is 2.57. The number of rotatable bonds is 8. The van der Waals surface area contributed by atoms with Crippen LogP contribution in [-0.2, 0) is 0 Å². The molecule has 0 aliphatic heterocycles. The molecule has 0 aromatic rings. The summed E-state index contributed by atoms with van der Waals surface area (Å²) in [5.41, 5.74) is 0. The van der Waals surface area contributed by atoms with Gasteiger partial charge in [0.05, 0.1) is 0 Å². The zero-order valence-corrected chi connectivity index (χ0v) is 14.8. The number of hydrogen-bond donors (Lipinski definition) is 1. The van der Waals surface area contributed by atoms with Gasteiger partial charge in [-0.3, -0.25) is 4.90 Å². The van der Waals surface area contributed by atoms with E-state index in [-0.39, 0.29) is 0 Å². The number of nitrogens with one attached hydrogen (secondary N) is 1. The molecule has 20 heavy (non-hydrogen) atoms. The molecular formula is C18H38N2. The summed E-state index contributed by atoms with van der Waals surface area (Å²) >= 11 is 0. The van der Waals surface area contributed by atoms with E-state index in [1.54, 1.807) is 0 Å². The third-order valence-corrected chi connectivity index (χ3v) is 5.38. The van der Waals surface area contributed by atoms with Crippen LogP contribution in [0.1, 0.15) is 67.2 Å². The van der Waals surface area contributed by atoms with Crippen LogP contribution < -0.4 is 5.32 Å². The van der Waals surface area contributed by atoms with Crippen molar-refractivity contribution in [2.45, 2.75) is 79.3 Å². The van der Waals surface area contributed by atoms with Crippen molar-refractivity contribution in [3.63, 3.8) is 0 Å². The molecule has 4 unspecified atom stereocenters. The molecule has 0 aromatic heterocycles. The molecule has 1 rings (SSSR count). The minimum Gasteiger partial charge on any atom is -0.313 e. The number of likely N-dealkylation sites (N-methyl/N-ethyl adjacent to an activating group) is 2. The first-order valence-electron chi connectivity index (χ1n) is 9.00. The Labute approximate surface area is 127 Å². The molecule has 2 nitrogen and oxygen atoms in total. The molecule has 0 heterocycles. The van der Waals surface area contributed by atoms with Crippen LogP contribution in [0, 0.1) is 17.8 Å². The molecule has 2 heteroatoms. The molecule has 0 radical (unpaired) electrons. The van der Waals surface area contributed by atoms with Crippen LogP contribution >= 0.6 is 0 Å². The van der Waals surface area contributed by atoms with Gasteiger partial charge in [0.2, 0.25) is 0 Å². The smallest absolute Gasteiger partial charge is 0.0252 e. The first-order valence-corrected chi connectivity index (χ1v) is 9.00. The molecule has 0 amide bonds. The average Bonchev–Trinajstić information content (AvgIpc) is 2.45. The van der Waals surface area contributed by atoms with Gasteiger partial charge in [0.25, 0.3) is 0 Å². The molecule has 0 saturated heterocycles. The van der Waals surface area contributed by atoms with Gasteiger partial charge in [-0.05, 0) is 50.1 Å². The Hall–Kier alpha value is -0.0800. The lowest BCUT2D eigenvalue weighted by atomic mass is 9.76. The second kappa shape index (κ2) is 9.04. The Morgan fingerprint density at radius 1 is 1.10 bits per heavy atom. The van der Waals surface area contributed by atoms with Gasteiger partial charge in [0.15, 0.2) is 0 Å². The minimum atomic E-state index is 0.707. The van der Waals surface area contributed by atoms with E-state index in [2.05, 4.69) is 51.8 Å². The molecule has 120 valence electrons. The lowest BCUT2D eigenvalue weighted by molar-refractivity contribution is 0.0763. The van der Waals surface area contributed by atoms with E-state index in [4.69, 9.17) is 0 Å². The summed E-state index contributed by atoms with van der Waals surface area (Å²) in [4.78, 5) is 2.76. The standard InChI is InChI=1S/C18H38N2/c1-7-15(6)13-20(9-3)18-12-16(14(4)5)10-11-17(18)19-8-2/h14-19H,7-13H2,1-6H3. The Bertz CT molecular complexity index is 252. The first-order chi connectivity index (χ1) is 9.53. The van der Waals surface area contributed by atoms with Gasteiger partial charge < -0.3 is 5.32 Å². The predicted molar refractivity (Wildman–Crippen MR) is 90.1 cm³/mol. The normalized spacial score (nSPS) is 29.1. The summed E-state index contributed by atoms with van der Waals surface area (Å²) in [6.45, 7) is 17.7. The maximum atomic E-state index is 3.76. The van der Waals surface area contributed by atoms with Gasteiger partial charge in [-0.2, -0.15) is 0 Å². The van der Waals surface area contributed by atoms with E-state index >= 15 is 0 Å². The van der Waals surface area contributed by atoms with Crippen LogP contribution in [-0.4, -0.2) is 36.6 Å². The van der Waals surface area contributed by atoms with Crippen molar-refractivity contribution in [3.8, 4) is 0 Å². The van der Waals surface area contributed by atoms with Crippen molar-refractivity contribution in [1.82, 2.24) is 10.2 Å². The molecule has 4 atom stereocenters. The summed E-state index contributed by atoms with van der Waals surface area (Å²) in [6.07, 6.45) is 5.45. The van der Waals surface area contributed by atoms with E-state index in [0.29, 0.717) is 6.04 Å². The minimum absolute atomic E-state index is 0.707. The molecule has 0 bridgehead atoms. The molecule has 1 aliphatic carbocycles.